The smallest absolute Gasteiger partial charge is 0.341 e. The van der Waals surface area contributed by atoms with E-state index >= 15 is 0 Å². The average Bonchev–Trinajstić information content (AvgIpc) is 2.68. The molecule has 9 heteroatoms. The highest BCUT2D eigenvalue weighted by Crippen LogP contribution is 2.24. The Morgan fingerprint density at radius 3 is 2.78 bits per heavy atom. The third-order valence-corrected chi connectivity index (χ3v) is 3.89. The average molecular weight is 428 g/mol. The first kappa shape index (κ1) is 18.6. The van der Waals surface area contributed by atoms with Crippen molar-refractivity contribution in [1.82, 2.24) is 15.2 Å². The molecule has 0 spiro atoms. The van der Waals surface area contributed by atoms with E-state index in [1.165, 1.54) is 0 Å². The largest absolute Gasteiger partial charge is 0.482 e. The summed E-state index contributed by atoms with van der Waals surface area (Å²) in [5.74, 6) is -0.487. The standard InChI is InChI=1S/C18H14BrN5O3/c19-14-6-7-16(27-11-17(25)26)13(8-14)9-20-23-18-22-15(10-21-24-18)12-4-2-1-3-5-12/h1-8,10H,9,11H2,(H,25,26). The van der Waals surface area contributed by atoms with Gasteiger partial charge in [-0.2, -0.15) is 10.2 Å². The number of carboxylic acids is 1. The number of halogens is 1. The third kappa shape index (κ3) is 5.38. The molecule has 0 saturated carbocycles. The van der Waals surface area contributed by atoms with Crippen molar-refractivity contribution in [3.8, 4) is 17.0 Å². The van der Waals surface area contributed by atoms with Crippen molar-refractivity contribution >= 4 is 27.8 Å². The maximum absolute atomic E-state index is 10.7. The Kier molecular flexibility index (Phi) is 6.16. The van der Waals surface area contributed by atoms with Gasteiger partial charge in [0.2, 0.25) is 0 Å². The van der Waals surface area contributed by atoms with Gasteiger partial charge in [0.05, 0.1) is 18.4 Å². The molecular formula is C18H14BrN5O3. The van der Waals surface area contributed by atoms with Gasteiger partial charge < -0.3 is 9.84 Å². The number of aliphatic carboxylic acids is 1. The second-order valence-electron chi connectivity index (χ2n) is 5.34. The van der Waals surface area contributed by atoms with Crippen LogP contribution in [0.5, 0.6) is 5.75 Å². The molecule has 0 unspecified atom stereocenters. The van der Waals surface area contributed by atoms with Crippen molar-refractivity contribution in [2.45, 2.75) is 6.54 Å². The molecular weight excluding hydrogens is 414 g/mol. The van der Waals surface area contributed by atoms with Crippen LogP contribution in [0.4, 0.5) is 5.95 Å². The first-order valence-corrected chi connectivity index (χ1v) is 8.67. The zero-order valence-electron chi connectivity index (χ0n) is 14.0. The number of carbonyl (C=O) groups is 1. The molecule has 1 heterocycles. The summed E-state index contributed by atoms with van der Waals surface area (Å²) in [4.78, 5) is 15.0. The molecule has 0 bridgehead atoms. The molecule has 1 N–H and O–H groups in total. The second-order valence-corrected chi connectivity index (χ2v) is 6.26. The van der Waals surface area contributed by atoms with Gasteiger partial charge >= 0.3 is 5.97 Å². The number of azo groups is 1. The Morgan fingerprint density at radius 2 is 2.00 bits per heavy atom. The van der Waals surface area contributed by atoms with E-state index in [9.17, 15) is 4.79 Å². The van der Waals surface area contributed by atoms with Gasteiger partial charge in [-0.25, -0.2) is 9.78 Å². The number of hydrogen-bond acceptors (Lipinski definition) is 7. The number of benzene rings is 2. The molecule has 0 aliphatic carbocycles. The SMILES string of the molecule is O=C(O)COc1ccc(Br)cc1CN=Nc1nncc(-c2ccccc2)n1. The highest BCUT2D eigenvalue weighted by Gasteiger charge is 2.07. The minimum atomic E-state index is -1.05. The molecule has 0 aliphatic heterocycles. The van der Waals surface area contributed by atoms with Crippen molar-refractivity contribution in [3.05, 3.63) is 64.8 Å². The fraction of sp³-hybridized carbons (Fsp3) is 0.111. The van der Waals surface area contributed by atoms with E-state index in [2.05, 4.69) is 41.3 Å². The first-order valence-electron chi connectivity index (χ1n) is 7.87. The number of aromatic nitrogens is 3. The molecule has 0 aliphatic rings. The lowest BCUT2D eigenvalue weighted by atomic mass is 10.2. The van der Waals surface area contributed by atoms with Gasteiger partial charge in [-0.1, -0.05) is 46.3 Å². The molecule has 0 saturated heterocycles. The van der Waals surface area contributed by atoms with Crippen LogP contribution in [0.15, 0.2) is 69.4 Å². The zero-order chi connectivity index (χ0) is 19.1. The summed E-state index contributed by atoms with van der Waals surface area (Å²) in [5, 5.41) is 24.6. The topological polar surface area (TPSA) is 110 Å². The van der Waals surface area contributed by atoms with E-state index in [0.717, 1.165) is 10.0 Å². The van der Waals surface area contributed by atoms with Crippen LogP contribution < -0.4 is 4.74 Å². The van der Waals surface area contributed by atoms with Crippen LogP contribution in [0, 0.1) is 0 Å². The monoisotopic (exact) mass is 427 g/mol. The van der Waals surface area contributed by atoms with Gasteiger partial charge in [0.25, 0.3) is 5.95 Å². The molecule has 3 rings (SSSR count). The molecule has 0 atom stereocenters. The summed E-state index contributed by atoms with van der Waals surface area (Å²) >= 11 is 3.37. The van der Waals surface area contributed by atoms with Gasteiger partial charge in [-0.15, -0.1) is 10.2 Å². The fourth-order valence-electron chi connectivity index (χ4n) is 2.21. The lowest BCUT2D eigenvalue weighted by Crippen LogP contribution is -2.10. The summed E-state index contributed by atoms with van der Waals surface area (Å²) in [7, 11) is 0. The highest BCUT2D eigenvalue weighted by molar-refractivity contribution is 9.10. The molecule has 27 heavy (non-hydrogen) atoms. The molecule has 0 radical (unpaired) electrons. The van der Waals surface area contributed by atoms with Crippen LogP contribution in [0.25, 0.3) is 11.3 Å². The Labute approximate surface area is 163 Å². The fourth-order valence-corrected chi connectivity index (χ4v) is 2.62. The minimum Gasteiger partial charge on any atom is -0.482 e. The number of rotatable bonds is 7. The quantitative estimate of drug-likeness (QED) is 0.569. The van der Waals surface area contributed by atoms with Gasteiger partial charge in [-0.3, -0.25) is 0 Å². The molecule has 1 aromatic heterocycles. The van der Waals surface area contributed by atoms with Gasteiger partial charge in [0.15, 0.2) is 6.61 Å². The summed E-state index contributed by atoms with van der Waals surface area (Å²) in [6.45, 7) is -0.259. The number of ether oxygens (including phenoxy) is 1. The first-order chi connectivity index (χ1) is 13.1. The lowest BCUT2D eigenvalue weighted by Gasteiger charge is -2.08. The predicted molar refractivity (Wildman–Crippen MR) is 101 cm³/mol. The molecule has 2 aromatic carbocycles. The highest BCUT2D eigenvalue weighted by atomic mass is 79.9. The van der Waals surface area contributed by atoms with Crippen molar-refractivity contribution in [2.75, 3.05) is 6.61 Å². The molecule has 8 nitrogen and oxygen atoms in total. The van der Waals surface area contributed by atoms with Gasteiger partial charge in [0.1, 0.15) is 5.75 Å². The molecule has 136 valence electrons. The van der Waals surface area contributed by atoms with Crippen molar-refractivity contribution in [2.24, 2.45) is 10.2 Å². The van der Waals surface area contributed by atoms with Crippen LogP contribution >= 0.6 is 15.9 Å². The molecule has 0 fully saturated rings. The van der Waals surface area contributed by atoms with Crippen LogP contribution in [0.2, 0.25) is 0 Å². The van der Waals surface area contributed by atoms with Crippen molar-refractivity contribution in [1.29, 1.82) is 0 Å². The van der Waals surface area contributed by atoms with Crippen LogP contribution in [-0.4, -0.2) is 32.9 Å². The van der Waals surface area contributed by atoms with E-state index in [0.29, 0.717) is 17.0 Å². The summed E-state index contributed by atoms with van der Waals surface area (Å²) in [6.07, 6.45) is 1.56. The van der Waals surface area contributed by atoms with E-state index in [4.69, 9.17) is 9.84 Å². The van der Waals surface area contributed by atoms with E-state index in [1.807, 2.05) is 30.3 Å². The van der Waals surface area contributed by atoms with E-state index < -0.39 is 12.6 Å². The van der Waals surface area contributed by atoms with Crippen LogP contribution in [-0.2, 0) is 11.3 Å². The maximum atomic E-state index is 10.7. The number of hydrogen-bond donors (Lipinski definition) is 1. The third-order valence-electron chi connectivity index (χ3n) is 3.39. The Morgan fingerprint density at radius 1 is 1.19 bits per heavy atom. The van der Waals surface area contributed by atoms with E-state index in [-0.39, 0.29) is 12.5 Å². The van der Waals surface area contributed by atoms with Gasteiger partial charge in [0, 0.05) is 15.6 Å². The number of carboxylic acid groups (broad SMARTS) is 1. The minimum absolute atomic E-state index is 0.138. The Balaban J connectivity index is 1.74. The molecule has 3 aromatic rings. The Hall–Kier alpha value is -3.20. The van der Waals surface area contributed by atoms with E-state index in [1.54, 1.807) is 24.4 Å². The lowest BCUT2D eigenvalue weighted by molar-refractivity contribution is -0.139. The normalized spacial score (nSPS) is 10.9. The van der Waals surface area contributed by atoms with Crippen molar-refractivity contribution in [3.63, 3.8) is 0 Å². The zero-order valence-corrected chi connectivity index (χ0v) is 15.6. The number of nitrogens with zero attached hydrogens (tertiary/aromatic N) is 5. The maximum Gasteiger partial charge on any atom is 0.341 e. The summed E-state index contributed by atoms with van der Waals surface area (Å²) in [6, 6.07) is 14.8. The second kappa shape index (κ2) is 8.95. The summed E-state index contributed by atoms with van der Waals surface area (Å²) in [5.41, 5.74) is 2.23. The predicted octanol–water partition coefficient (Wildman–Crippen LogP) is 4.05. The van der Waals surface area contributed by atoms with Crippen LogP contribution in [0.3, 0.4) is 0 Å². The van der Waals surface area contributed by atoms with Crippen LogP contribution in [0.1, 0.15) is 5.56 Å². The van der Waals surface area contributed by atoms with Crippen molar-refractivity contribution < 1.29 is 14.6 Å². The molecule has 0 amide bonds. The van der Waals surface area contributed by atoms with Gasteiger partial charge in [-0.05, 0) is 18.2 Å². The Bertz CT molecular complexity index is 966. The summed E-state index contributed by atoms with van der Waals surface area (Å²) < 4.78 is 6.09.